The van der Waals surface area contributed by atoms with Gasteiger partial charge in [0.15, 0.2) is 5.17 Å². The molecule has 2 heterocycles. The lowest BCUT2D eigenvalue weighted by Gasteiger charge is -2.27. The Balaban J connectivity index is 1.25. The zero-order valence-electron chi connectivity index (χ0n) is 18.8. The van der Waals surface area contributed by atoms with E-state index >= 15 is 0 Å². The summed E-state index contributed by atoms with van der Waals surface area (Å²) < 4.78 is 13.0. The second kappa shape index (κ2) is 11.3. The van der Waals surface area contributed by atoms with Crippen LogP contribution in [0.1, 0.15) is 41.6 Å². The average molecular weight is 483 g/mol. The fourth-order valence-corrected chi connectivity index (χ4v) is 5.04. The van der Waals surface area contributed by atoms with Crippen LogP contribution < -0.4 is 10.6 Å². The smallest absolute Gasteiger partial charge is 0.262 e. The lowest BCUT2D eigenvalue weighted by Crippen LogP contribution is -2.33. The van der Waals surface area contributed by atoms with Gasteiger partial charge >= 0.3 is 0 Å². The van der Waals surface area contributed by atoms with Gasteiger partial charge in [-0.2, -0.15) is 4.99 Å². The highest BCUT2D eigenvalue weighted by Crippen LogP contribution is 2.29. The fourth-order valence-electron chi connectivity index (χ4n) is 3.92. The zero-order valence-corrected chi connectivity index (χ0v) is 19.6. The highest BCUT2D eigenvalue weighted by molar-refractivity contribution is 8.15. The monoisotopic (exact) mass is 482 g/mol. The number of aliphatic imine (C=N–C) groups is 1. The van der Waals surface area contributed by atoms with Crippen LogP contribution in [0.5, 0.6) is 0 Å². The summed E-state index contributed by atoms with van der Waals surface area (Å²) in [5.41, 5.74) is 1.83. The molecule has 0 aromatic heterocycles. The molecule has 2 aromatic rings. The minimum Gasteiger partial charge on any atom is -0.352 e. The van der Waals surface area contributed by atoms with Gasteiger partial charge in [-0.15, -0.1) is 0 Å². The minimum absolute atomic E-state index is 0.0262. The number of nitrogens with one attached hydrogen (secondary N) is 2. The van der Waals surface area contributed by atoms with Crippen LogP contribution in [0.2, 0.25) is 0 Å². The molecule has 3 amide bonds. The molecule has 0 bridgehead atoms. The molecule has 0 aliphatic carbocycles. The third-order valence-corrected chi connectivity index (χ3v) is 6.96. The highest BCUT2D eigenvalue weighted by atomic mass is 32.2. The quantitative estimate of drug-likeness (QED) is 0.629. The second-order valence-electron chi connectivity index (χ2n) is 8.35. The predicted octanol–water partition coefficient (Wildman–Crippen LogP) is 3.61. The lowest BCUT2D eigenvalue weighted by atomic mass is 10.1. The first kappa shape index (κ1) is 23.9. The number of hydrogen-bond acceptors (Lipinski definition) is 5. The molecule has 2 aromatic carbocycles. The molecule has 2 aliphatic heterocycles. The molecular formula is C25H27FN4O3S. The number of piperidine rings is 1. The van der Waals surface area contributed by atoms with E-state index in [1.165, 1.54) is 30.3 Å². The van der Waals surface area contributed by atoms with E-state index < -0.39 is 5.25 Å². The van der Waals surface area contributed by atoms with Crippen LogP contribution in [-0.2, 0) is 16.0 Å². The van der Waals surface area contributed by atoms with E-state index in [2.05, 4.69) is 20.5 Å². The van der Waals surface area contributed by atoms with Crippen LogP contribution in [0.3, 0.4) is 0 Å². The van der Waals surface area contributed by atoms with E-state index in [1.54, 1.807) is 36.4 Å². The van der Waals surface area contributed by atoms with Crippen molar-refractivity contribution in [1.29, 1.82) is 0 Å². The van der Waals surface area contributed by atoms with Gasteiger partial charge in [0.25, 0.3) is 11.8 Å². The summed E-state index contributed by atoms with van der Waals surface area (Å²) in [4.78, 5) is 43.6. The van der Waals surface area contributed by atoms with E-state index in [0.29, 0.717) is 24.2 Å². The van der Waals surface area contributed by atoms with Gasteiger partial charge in [0.1, 0.15) is 11.1 Å². The molecule has 1 fully saturated rings. The number of amidine groups is 1. The second-order valence-corrected chi connectivity index (χ2v) is 9.52. The van der Waals surface area contributed by atoms with Crippen LogP contribution in [0.25, 0.3) is 0 Å². The van der Waals surface area contributed by atoms with E-state index in [9.17, 15) is 18.8 Å². The molecule has 2 aliphatic rings. The van der Waals surface area contributed by atoms with Crippen LogP contribution in [0.15, 0.2) is 53.5 Å². The van der Waals surface area contributed by atoms with Crippen molar-refractivity contribution in [1.82, 2.24) is 10.2 Å². The molecule has 34 heavy (non-hydrogen) atoms. The molecule has 0 spiro atoms. The van der Waals surface area contributed by atoms with Crippen molar-refractivity contribution >= 4 is 40.3 Å². The van der Waals surface area contributed by atoms with Gasteiger partial charge in [0, 0.05) is 37.3 Å². The van der Waals surface area contributed by atoms with Crippen molar-refractivity contribution in [2.24, 2.45) is 4.99 Å². The number of benzene rings is 2. The number of carbonyl (C=O) groups excluding carboxylic acids is 3. The van der Waals surface area contributed by atoms with Gasteiger partial charge in [-0.3, -0.25) is 14.4 Å². The molecule has 4 rings (SSSR count). The van der Waals surface area contributed by atoms with Crippen LogP contribution in [0.4, 0.5) is 10.1 Å². The molecule has 1 saturated heterocycles. The Morgan fingerprint density at radius 2 is 1.85 bits per heavy atom. The first-order valence-corrected chi connectivity index (χ1v) is 12.3. The summed E-state index contributed by atoms with van der Waals surface area (Å²) >= 11 is 1.36. The molecule has 0 radical (unpaired) electrons. The average Bonchev–Trinajstić information content (AvgIpc) is 3.21. The molecule has 1 atom stereocenters. The predicted molar refractivity (Wildman–Crippen MR) is 131 cm³/mol. The summed E-state index contributed by atoms with van der Waals surface area (Å²) in [7, 11) is 0. The number of rotatable bonds is 7. The molecule has 7 nitrogen and oxygen atoms in total. The Labute approximate surface area is 202 Å². The van der Waals surface area contributed by atoms with Crippen molar-refractivity contribution in [3.05, 3.63) is 65.5 Å². The Morgan fingerprint density at radius 1 is 1.09 bits per heavy atom. The van der Waals surface area contributed by atoms with Gasteiger partial charge in [0.2, 0.25) is 5.91 Å². The van der Waals surface area contributed by atoms with Gasteiger partial charge in [-0.1, -0.05) is 30.0 Å². The summed E-state index contributed by atoms with van der Waals surface area (Å²) in [6, 6.07) is 12.8. The molecular weight excluding hydrogens is 455 g/mol. The van der Waals surface area contributed by atoms with Gasteiger partial charge < -0.3 is 15.5 Å². The molecule has 0 saturated carbocycles. The maximum atomic E-state index is 13.0. The molecule has 178 valence electrons. The van der Waals surface area contributed by atoms with Gasteiger partial charge in [-0.05, 0) is 61.6 Å². The maximum Gasteiger partial charge on any atom is 0.262 e. The largest absolute Gasteiger partial charge is 0.352 e. The number of likely N-dealkylation sites (tertiary alicyclic amines) is 1. The van der Waals surface area contributed by atoms with E-state index in [0.717, 1.165) is 36.7 Å². The third-order valence-electron chi connectivity index (χ3n) is 5.75. The summed E-state index contributed by atoms with van der Waals surface area (Å²) in [6.45, 7) is 2.20. The Kier molecular flexibility index (Phi) is 7.95. The number of anilines is 1. The standard InChI is InChI=1S/C25H27FN4O3S/c26-19-9-7-17(8-10-19)11-12-27-23(32)18-5-4-6-20(15-18)28-22(31)16-21-24(33)29-25(34-21)30-13-2-1-3-14-30/h4-10,15,21H,1-3,11-14,16H2,(H,27,32)(H,28,31)/t21-/m1/s1. The fraction of sp³-hybridized carbons (Fsp3) is 0.360. The van der Waals surface area contributed by atoms with E-state index in [1.807, 2.05) is 0 Å². The summed E-state index contributed by atoms with van der Waals surface area (Å²) in [6.07, 6.45) is 3.99. The Hall–Kier alpha value is -3.20. The molecule has 2 N–H and O–H groups in total. The molecule has 0 unspecified atom stereocenters. The minimum atomic E-state index is -0.519. The topological polar surface area (TPSA) is 90.9 Å². The zero-order chi connectivity index (χ0) is 23.9. The summed E-state index contributed by atoms with van der Waals surface area (Å²) in [5, 5.41) is 5.82. The number of thioether (sulfide) groups is 1. The van der Waals surface area contributed by atoms with Crippen molar-refractivity contribution < 1.29 is 18.8 Å². The SMILES string of the molecule is O=C(C[C@H]1SC(N2CCCCC2)=NC1=O)Nc1cccc(C(=O)NCCc2ccc(F)cc2)c1. The highest BCUT2D eigenvalue weighted by Gasteiger charge is 2.33. The van der Waals surface area contributed by atoms with Crippen molar-refractivity contribution in [2.75, 3.05) is 25.0 Å². The van der Waals surface area contributed by atoms with Crippen LogP contribution >= 0.6 is 11.8 Å². The van der Waals surface area contributed by atoms with E-state index in [-0.39, 0.29) is 30.0 Å². The van der Waals surface area contributed by atoms with Crippen molar-refractivity contribution in [3.63, 3.8) is 0 Å². The van der Waals surface area contributed by atoms with Crippen molar-refractivity contribution in [2.45, 2.75) is 37.4 Å². The van der Waals surface area contributed by atoms with Gasteiger partial charge in [0.05, 0.1) is 0 Å². The first-order valence-electron chi connectivity index (χ1n) is 11.4. The van der Waals surface area contributed by atoms with Gasteiger partial charge in [-0.25, -0.2) is 4.39 Å². The summed E-state index contributed by atoms with van der Waals surface area (Å²) in [5.74, 6) is -1.12. The van der Waals surface area contributed by atoms with Crippen LogP contribution in [-0.4, -0.2) is 52.7 Å². The number of nitrogens with zero attached hydrogens (tertiary/aromatic N) is 2. The van der Waals surface area contributed by atoms with Crippen LogP contribution in [0, 0.1) is 5.82 Å². The molecule has 9 heteroatoms. The Bertz CT molecular complexity index is 1080. The number of hydrogen-bond donors (Lipinski definition) is 2. The first-order chi connectivity index (χ1) is 16.5. The number of carbonyl (C=O) groups is 3. The van der Waals surface area contributed by atoms with E-state index in [4.69, 9.17) is 0 Å². The number of amides is 3. The maximum absolute atomic E-state index is 13.0. The Morgan fingerprint density at radius 3 is 2.62 bits per heavy atom. The third kappa shape index (κ3) is 6.44. The lowest BCUT2D eigenvalue weighted by molar-refractivity contribution is -0.121. The normalized spacial score (nSPS) is 17.9. The number of halogens is 1. The van der Waals surface area contributed by atoms with Crippen molar-refractivity contribution in [3.8, 4) is 0 Å².